The van der Waals surface area contributed by atoms with E-state index >= 15 is 0 Å². The van der Waals surface area contributed by atoms with E-state index in [-0.39, 0.29) is 17.9 Å². The van der Waals surface area contributed by atoms with Gasteiger partial charge in [0.2, 0.25) is 5.91 Å². The van der Waals surface area contributed by atoms with Crippen molar-refractivity contribution in [3.05, 3.63) is 64.7 Å². The summed E-state index contributed by atoms with van der Waals surface area (Å²) in [5.41, 5.74) is 10.7. The number of carbonyl (C=O) groups excluding carboxylic acids is 2. The topological polar surface area (TPSA) is 75.4 Å². The van der Waals surface area contributed by atoms with Crippen molar-refractivity contribution in [3.63, 3.8) is 0 Å². The summed E-state index contributed by atoms with van der Waals surface area (Å²) in [6.45, 7) is 1.54. The van der Waals surface area contributed by atoms with Crippen LogP contribution in [0.15, 0.2) is 42.5 Å². The number of carbonyl (C=O) groups is 2. The summed E-state index contributed by atoms with van der Waals surface area (Å²) in [6, 6.07) is 13.6. The van der Waals surface area contributed by atoms with Crippen LogP contribution in [0, 0.1) is 0 Å². The molecule has 1 atom stereocenters. The summed E-state index contributed by atoms with van der Waals surface area (Å²) in [4.78, 5) is 26.3. The molecule has 0 aromatic heterocycles. The Balaban J connectivity index is 1.45. The van der Waals surface area contributed by atoms with Crippen molar-refractivity contribution in [2.75, 3.05) is 11.9 Å². The Morgan fingerprint density at radius 3 is 2.78 bits per heavy atom. The minimum absolute atomic E-state index is 0.0852. The molecule has 1 fully saturated rings. The smallest absolute Gasteiger partial charge is 0.255 e. The Morgan fingerprint density at radius 1 is 1.07 bits per heavy atom. The molecule has 0 spiro atoms. The number of hydrogen-bond acceptors (Lipinski definition) is 3. The molecule has 27 heavy (non-hydrogen) atoms. The number of fused-ring (bicyclic) bond motifs is 1. The Morgan fingerprint density at radius 2 is 1.93 bits per heavy atom. The van der Waals surface area contributed by atoms with Crippen molar-refractivity contribution >= 4 is 17.5 Å². The number of amides is 2. The molecule has 0 radical (unpaired) electrons. The highest BCUT2D eigenvalue weighted by molar-refractivity contribution is 6.04. The molecular formula is C22H25N3O2. The van der Waals surface area contributed by atoms with Crippen LogP contribution in [0.4, 0.5) is 5.69 Å². The minimum atomic E-state index is -0.256. The van der Waals surface area contributed by atoms with Crippen LogP contribution in [0.5, 0.6) is 0 Å². The van der Waals surface area contributed by atoms with Crippen LogP contribution in [0.25, 0.3) is 0 Å². The summed E-state index contributed by atoms with van der Waals surface area (Å²) in [6.07, 6.45) is 5.16. The van der Waals surface area contributed by atoms with E-state index < -0.39 is 0 Å². The lowest BCUT2D eigenvalue weighted by Crippen LogP contribution is -2.39. The number of benzene rings is 2. The van der Waals surface area contributed by atoms with E-state index in [0.717, 1.165) is 43.5 Å². The maximum absolute atomic E-state index is 12.6. The first kappa shape index (κ1) is 17.7. The lowest BCUT2D eigenvalue weighted by atomic mass is 10.1. The number of nitrogens with one attached hydrogen (secondary N) is 1. The second kappa shape index (κ2) is 7.53. The van der Waals surface area contributed by atoms with Crippen LogP contribution in [0.2, 0.25) is 0 Å². The summed E-state index contributed by atoms with van der Waals surface area (Å²) in [5, 5.41) is 3.00. The van der Waals surface area contributed by atoms with Crippen LogP contribution >= 0.6 is 0 Å². The van der Waals surface area contributed by atoms with Gasteiger partial charge >= 0.3 is 0 Å². The SMILES string of the molecule is NC(=O)[C@H]1CCCN1Cc1cccc(NC(=O)c2ccc3c(c2)CCC3)c1. The maximum Gasteiger partial charge on any atom is 0.255 e. The minimum Gasteiger partial charge on any atom is -0.368 e. The zero-order valence-corrected chi connectivity index (χ0v) is 15.4. The third-order valence-corrected chi connectivity index (χ3v) is 5.62. The zero-order chi connectivity index (χ0) is 18.8. The van der Waals surface area contributed by atoms with Gasteiger partial charge in [0.05, 0.1) is 6.04 Å². The molecule has 140 valence electrons. The molecular weight excluding hydrogens is 338 g/mol. The molecule has 0 saturated carbocycles. The van der Waals surface area contributed by atoms with E-state index in [0.29, 0.717) is 12.1 Å². The highest BCUT2D eigenvalue weighted by Gasteiger charge is 2.28. The normalized spacial score (nSPS) is 19.0. The monoisotopic (exact) mass is 363 g/mol. The van der Waals surface area contributed by atoms with E-state index in [1.807, 2.05) is 36.4 Å². The van der Waals surface area contributed by atoms with Gasteiger partial charge in [-0.1, -0.05) is 18.2 Å². The van der Waals surface area contributed by atoms with Crippen molar-refractivity contribution in [2.45, 2.75) is 44.7 Å². The van der Waals surface area contributed by atoms with Gasteiger partial charge in [-0.05, 0) is 79.6 Å². The van der Waals surface area contributed by atoms with E-state index in [1.54, 1.807) is 0 Å². The van der Waals surface area contributed by atoms with Gasteiger partial charge in [0.1, 0.15) is 0 Å². The van der Waals surface area contributed by atoms with Crippen LogP contribution in [-0.2, 0) is 24.2 Å². The van der Waals surface area contributed by atoms with Crippen molar-refractivity contribution in [1.29, 1.82) is 0 Å². The largest absolute Gasteiger partial charge is 0.368 e. The summed E-state index contributed by atoms with van der Waals surface area (Å²) >= 11 is 0. The van der Waals surface area contributed by atoms with Gasteiger partial charge in [-0.2, -0.15) is 0 Å². The molecule has 5 nitrogen and oxygen atoms in total. The molecule has 2 amide bonds. The molecule has 1 saturated heterocycles. The van der Waals surface area contributed by atoms with Gasteiger partial charge in [0.25, 0.3) is 5.91 Å². The molecule has 0 unspecified atom stereocenters. The summed E-state index contributed by atoms with van der Waals surface area (Å²) < 4.78 is 0. The zero-order valence-electron chi connectivity index (χ0n) is 15.4. The third-order valence-electron chi connectivity index (χ3n) is 5.62. The number of rotatable bonds is 5. The molecule has 2 aromatic rings. The van der Waals surface area contributed by atoms with Crippen molar-refractivity contribution in [3.8, 4) is 0 Å². The van der Waals surface area contributed by atoms with Crippen LogP contribution in [0.1, 0.15) is 46.3 Å². The van der Waals surface area contributed by atoms with E-state index in [2.05, 4.69) is 16.3 Å². The highest BCUT2D eigenvalue weighted by atomic mass is 16.2. The first-order chi connectivity index (χ1) is 13.1. The van der Waals surface area contributed by atoms with Crippen LogP contribution in [0.3, 0.4) is 0 Å². The van der Waals surface area contributed by atoms with E-state index in [4.69, 9.17) is 5.73 Å². The lowest BCUT2D eigenvalue weighted by Gasteiger charge is -2.22. The molecule has 5 heteroatoms. The Hall–Kier alpha value is -2.66. The second-order valence-corrected chi connectivity index (χ2v) is 7.52. The van der Waals surface area contributed by atoms with E-state index in [9.17, 15) is 9.59 Å². The van der Waals surface area contributed by atoms with Gasteiger partial charge in [-0.25, -0.2) is 0 Å². The molecule has 4 rings (SSSR count). The molecule has 0 bridgehead atoms. The van der Waals surface area contributed by atoms with Gasteiger partial charge in [-0.15, -0.1) is 0 Å². The molecule has 1 aliphatic carbocycles. The Bertz CT molecular complexity index is 878. The molecule has 2 aliphatic rings. The van der Waals surface area contributed by atoms with Crippen LogP contribution < -0.4 is 11.1 Å². The quantitative estimate of drug-likeness (QED) is 0.858. The summed E-state index contributed by atoms with van der Waals surface area (Å²) in [5.74, 6) is -0.341. The Labute approximate surface area is 159 Å². The standard InChI is InChI=1S/C22H25N3O2/c23-21(26)20-8-3-11-25(20)14-15-4-1-7-19(12-15)24-22(27)18-10-9-16-5-2-6-17(16)13-18/h1,4,7,9-10,12-13,20H,2-3,5-6,8,11,14H2,(H2,23,26)(H,24,27)/t20-/m1/s1. The predicted octanol–water partition coefficient (Wildman–Crippen LogP) is 2.88. The summed E-state index contributed by atoms with van der Waals surface area (Å²) in [7, 11) is 0. The average Bonchev–Trinajstić information content (AvgIpc) is 3.30. The highest BCUT2D eigenvalue weighted by Crippen LogP contribution is 2.24. The van der Waals surface area contributed by atoms with Gasteiger partial charge in [-0.3, -0.25) is 14.5 Å². The maximum atomic E-state index is 12.6. The molecule has 1 aliphatic heterocycles. The molecule has 1 heterocycles. The fourth-order valence-electron chi connectivity index (χ4n) is 4.24. The van der Waals surface area contributed by atoms with E-state index in [1.165, 1.54) is 17.5 Å². The number of aryl methyl sites for hydroxylation is 2. The first-order valence-corrected chi connectivity index (χ1v) is 9.65. The lowest BCUT2D eigenvalue weighted by molar-refractivity contribution is -0.122. The number of nitrogens with two attached hydrogens (primary N) is 1. The number of likely N-dealkylation sites (tertiary alicyclic amines) is 1. The van der Waals surface area contributed by atoms with Gasteiger partial charge < -0.3 is 11.1 Å². The van der Waals surface area contributed by atoms with Gasteiger partial charge in [0.15, 0.2) is 0 Å². The van der Waals surface area contributed by atoms with Crippen LogP contribution in [-0.4, -0.2) is 29.3 Å². The first-order valence-electron chi connectivity index (χ1n) is 9.65. The van der Waals surface area contributed by atoms with Crippen molar-refractivity contribution in [2.24, 2.45) is 5.73 Å². The number of hydrogen-bond donors (Lipinski definition) is 2. The number of primary amides is 1. The Kier molecular flexibility index (Phi) is 4.94. The molecule has 2 aromatic carbocycles. The fourth-order valence-corrected chi connectivity index (χ4v) is 4.24. The average molecular weight is 363 g/mol. The molecule has 3 N–H and O–H groups in total. The fraction of sp³-hybridized carbons (Fsp3) is 0.364. The predicted molar refractivity (Wildman–Crippen MR) is 105 cm³/mol. The third kappa shape index (κ3) is 3.88. The van der Waals surface area contributed by atoms with Gasteiger partial charge in [0, 0.05) is 17.8 Å². The van der Waals surface area contributed by atoms with Crippen molar-refractivity contribution < 1.29 is 9.59 Å². The number of nitrogens with zero attached hydrogens (tertiary/aromatic N) is 1. The van der Waals surface area contributed by atoms with Crippen molar-refractivity contribution in [1.82, 2.24) is 4.90 Å². The second-order valence-electron chi connectivity index (χ2n) is 7.52. The number of anilines is 1.